The summed E-state index contributed by atoms with van der Waals surface area (Å²) in [7, 11) is 0. The zero-order valence-corrected chi connectivity index (χ0v) is 23.8. The predicted octanol–water partition coefficient (Wildman–Crippen LogP) is 3.95. The van der Waals surface area contributed by atoms with Gasteiger partial charge in [0.05, 0.1) is 19.1 Å². The molecule has 226 valence electrons. The van der Waals surface area contributed by atoms with Gasteiger partial charge in [-0.15, -0.1) is 0 Å². The number of para-hydroxylation sites is 1. The van der Waals surface area contributed by atoms with Crippen molar-refractivity contribution in [3.63, 3.8) is 0 Å². The number of rotatable bonds is 13. The lowest BCUT2D eigenvalue weighted by molar-refractivity contribution is -0.200. The van der Waals surface area contributed by atoms with E-state index in [4.69, 9.17) is 18.9 Å². The number of hydrogen-bond donors (Lipinski definition) is 2. The van der Waals surface area contributed by atoms with Crippen molar-refractivity contribution in [2.24, 2.45) is 11.8 Å². The second-order valence-corrected chi connectivity index (χ2v) is 10.2. The Labute approximate surface area is 253 Å². The Kier molecular flexibility index (Phi) is 8.75. The first-order valence-corrected chi connectivity index (χ1v) is 14.0. The zero-order valence-electron chi connectivity index (χ0n) is 23.8. The fourth-order valence-electron chi connectivity index (χ4n) is 6.38. The second kappa shape index (κ2) is 12.7. The van der Waals surface area contributed by atoms with Crippen molar-refractivity contribution < 1.29 is 43.2 Å². The van der Waals surface area contributed by atoms with Gasteiger partial charge in [0.2, 0.25) is 5.91 Å². The Morgan fingerprint density at radius 1 is 0.659 bits per heavy atom. The van der Waals surface area contributed by atoms with Crippen molar-refractivity contribution in [1.82, 2.24) is 0 Å². The molecule has 10 heteroatoms. The quantitative estimate of drug-likeness (QED) is 0.170. The summed E-state index contributed by atoms with van der Waals surface area (Å²) in [6, 6.07) is 22.8. The van der Waals surface area contributed by atoms with Gasteiger partial charge in [-0.25, -0.2) is 9.59 Å². The van der Waals surface area contributed by atoms with Crippen LogP contribution in [0, 0.1) is 11.8 Å². The van der Waals surface area contributed by atoms with E-state index in [1.54, 1.807) is 78.9 Å². The standard InChI is InChI=1S/C34H31NO9/c1-3-27(36)41-18-20-43-33-23-14-8-10-16-25(23)34(26-17-11-9-15-24(26)33,44-21-19-42-28(37)4-2)30(32(39)40)29(33)31(38)35-22-12-6-5-7-13-22/h3-17,29-30H,1-2,18-21H2,(H,35,38)(H,39,40). The van der Waals surface area contributed by atoms with Gasteiger partial charge in [-0.05, 0) is 34.4 Å². The number of esters is 2. The molecular formula is C34H31NO9. The van der Waals surface area contributed by atoms with Gasteiger partial charge in [-0.3, -0.25) is 9.59 Å². The number of amides is 1. The average Bonchev–Trinajstić information content (AvgIpc) is 3.05. The molecule has 0 spiro atoms. The van der Waals surface area contributed by atoms with Crippen molar-refractivity contribution in [2.75, 3.05) is 31.7 Å². The number of carbonyl (C=O) groups is 4. The van der Waals surface area contributed by atoms with E-state index in [9.17, 15) is 24.3 Å². The minimum atomic E-state index is -1.67. The van der Waals surface area contributed by atoms with E-state index < -0.39 is 46.9 Å². The molecule has 0 saturated heterocycles. The molecule has 0 heterocycles. The van der Waals surface area contributed by atoms with E-state index in [0.29, 0.717) is 27.9 Å². The summed E-state index contributed by atoms with van der Waals surface area (Å²) in [5.41, 5.74) is -0.772. The Bertz CT molecular complexity index is 1550. The summed E-state index contributed by atoms with van der Waals surface area (Å²) in [4.78, 5) is 51.3. The molecule has 10 nitrogen and oxygen atoms in total. The highest BCUT2D eigenvalue weighted by molar-refractivity contribution is 5.99. The van der Waals surface area contributed by atoms with Gasteiger partial charge in [0.25, 0.3) is 0 Å². The van der Waals surface area contributed by atoms with Crippen LogP contribution >= 0.6 is 0 Å². The zero-order chi connectivity index (χ0) is 31.3. The fourth-order valence-corrected chi connectivity index (χ4v) is 6.38. The summed E-state index contributed by atoms with van der Waals surface area (Å²) in [5.74, 6) is -6.07. The van der Waals surface area contributed by atoms with E-state index >= 15 is 0 Å². The smallest absolute Gasteiger partial charge is 0.330 e. The summed E-state index contributed by atoms with van der Waals surface area (Å²) in [5, 5.41) is 13.8. The third kappa shape index (κ3) is 5.08. The number of ether oxygens (including phenoxy) is 4. The van der Waals surface area contributed by atoms with Gasteiger partial charge in [0, 0.05) is 17.8 Å². The van der Waals surface area contributed by atoms with E-state index in [-0.39, 0.29) is 26.4 Å². The molecule has 3 aromatic carbocycles. The van der Waals surface area contributed by atoms with E-state index in [1.165, 1.54) is 0 Å². The first-order valence-electron chi connectivity index (χ1n) is 14.0. The second-order valence-electron chi connectivity index (χ2n) is 10.2. The van der Waals surface area contributed by atoms with Gasteiger partial charge >= 0.3 is 17.9 Å². The molecule has 0 aromatic heterocycles. The van der Waals surface area contributed by atoms with Crippen LogP contribution in [-0.4, -0.2) is 55.3 Å². The van der Waals surface area contributed by atoms with Gasteiger partial charge in [-0.1, -0.05) is 79.9 Å². The summed E-state index contributed by atoms with van der Waals surface area (Å²) in [6.45, 7) is 6.11. The average molecular weight is 598 g/mol. The lowest BCUT2D eigenvalue weighted by Gasteiger charge is -2.60. The molecule has 0 radical (unpaired) electrons. The first kappa shape index (κ1) is 30.4. The monoisotopic (exact) mass is 597 g/mol. The molecule has 2 bridgehead atoms. The molecule has 3 aliphatic carbocycles. The van der Waals surface area contributed by atoms with E-state index in [0.717, 1.165) is 12.2 Å². The Hall–Kier alpha value is -5.06. The van der Waals surface area contributed by atoms with Gasteiger partial charge < -0.3 is 29.4 Å². The largest absolute Gasteiger partial charge is 0.481 e. The van der Waals surface area contributed by atoms with Crippen LogP contribution in [0.15, 0.2) is 104 Å². The molecule has 0 saturated carbocycles. The number of benzene rings is 3. The molecule has 0 fully saturated rings. The summed E-state index contributed by atoms with van der Waals surface area (Å²) in [6.07, 6.45) is 2.05. The van der Waals surface area contributed by atoms with Gasteiger partial charge in [0.15, 0.2) is 0 Å². The molecule has 3 aromatic rings. The van der Waals surface area contributed by atoms with Crippen LogP contribution in [0.5, 0.6) is 0 Å². The highest BCUT2D eigenvalue weighted by atomic mass is 16.6. The minimum absolute atomic E-state index is 0.158. The fraction of sp³-hybridized carbons (Fsp3) is 0.235. The van der Waals surface area contributed by atoms with E-state index in [1.807, 2.05) is 0 Å². The number of aliphatic carboxylic acids is 1. The van der Waals surface area contributed by atoms with Gasteiger partial charge in [-0.2, -0.15) is 0 Å². The predicted molar refractivity (Wildman–Crippen MR) is 158 cm³/mol. The van der Waals surface area contributed by atoms with Crippen LogP contribution in [0.1, 0.15) is 22.3 Å². The van der Waals surface area contributed by atoms with Crippen LogP contribution < -0.4 is 5.32 Å². The molecule has 2 unspecified atom stereocenters. The van der Waals surface area contributed by atoms with Crippen LogP contribution in [0.4, 0.5) is 5.69 Å². The molecule has 2 atom stereocenters. The lowest BCUT2D eigenvalue weighted by Crippen LogP contribution is -2.67. The van der Waals surface area contributed by atoms with Crippen molar-refractivity contribution in [2.45, 2.75) is 11.2 Å². The maximum Gasteiger partial charge on any atom is 0.330 e. The Balaban J connectivity index is 1.71. The lowest BCUT2D eigenvalue weighted by atomic mass is 9.49. The molecule has 0 aliphatic heterocycles. The highest BCUT2D eigenvalue weighted by Crippen LogP contribution is 2.65. The van der Waals surface area contributed by atoms with Crippen LogP contribution in [-0.2, 0) is 49.3 Å². The third-order valence-electron chi connectivity index (χ3n) is 7.90. The highest BCUT2D eigenvalue weighted by Gasteiger charge is 2.71. The maximum absolute atomic E-state index is 14.4. The van der Waals surface area contributed by atoms with Crippen LogP contribution in [0.3, 0.4) is 0 Å². The molecule has 1 amide bonds. The van der Waals surface area contributed by atoms with Crippen LogP contribution in [0.2, 0.25) is 0 Å². The minimum Gasteiger partial charge on any atom is -0.481 e. The molecule has 44 heavy (non-hydrogen) atoms. The normalized spacial score (nSPS) is 22.5. The Morgan fingerprint density at radius 3 is 1.48 bits per heavy atom. The van der Waals surface area contributed by atoms with Crippen molar-refractivity contribution in [3.8, 4) is 0 Å². The number of carbonyl (C=O) groups excluding carboxylic acids is 3. The van der Waals surface area contributed by atoms with Crippen molar-refractivity contribution in [3.05, 3.63) is 126 Å². The van der Waals surface area contributed by atoms with Gasteiger partial charge in [0.1, 0.15) is 30.3 Å². The van der Waals surface area contributed by atoms with Crippen LogP contribution in [0.25, 0.3) is 0 Å². The van der Waals surface area contributed by atoms with Crippen molar-refractivity contribution in [1.29, 1.82) is 0 Å². The SMILES string of the molecule is C=CC(=O)OCCOC12c3ccccc3C(OCCOC(=O)C=C)(c3ccccc31)C(C(=O)Nc1ccccc1)C2C(=O)O. The van der Waals surface area contributed by atoms with Crippen molar-refractivity contribution >= 4 is 29.5 Å². The summed E-state index contributed by atoms with van der Waals surface area (Å²) < 4.78 is 23.4. The maximum atomic E-state index is 14.4. The number of hydrogen-bond acceptors (Lipinski definition) is 8. The first-order chi connectivity index (χ1) is 21.3. The summed E-state index contributed by atoms with van der Waals surface area (Å²) >= 11 is 0. The molecule has 3 aliphatic rings. The molecule has 6 rings (SSSR count). The number of carboxylic acid groups (broad SMARTS) is 1. The molecular weight excluding hydrogens is 566 g/mol. The topological polar surface area (TPSA) is 137 Å². The van der Waals surface area contributed by atoms with E-state index in [2.05, 4.69) is 18.5 Å². The Morgan fingerprint density at radius 2 is 1.07 bits per heavy atom. The third-order valence-corrected chi connectivity index (χ3v) is 7.90. The molecule has 2 N–H and O–H groups in total. The number of fused-ring (bicyclic) bond motifs is 1. The number of nitrogens with one attached hydrogen (secondary N) is 1. The number of carboxylic acids is 1. The number of anilines is 1.